The fourth-order valence-corrected chi connectivity index (χ4v) is 1.46. The van der Waals surface area contributed by atoms with Gasteiger partial charge in [0.15, 0.2) is 0 Å². The number of likely N-dealkylation sites (N-methyl/N-ethyl adjacent to an activating group) is 1. The first kappa shape index (κ1) is 12.4. The first-order valence-corrected chi connectivity index (χ1v) is 5.13. The van der Waals surface area contributed by atoms with Gasteiger partial charge in [0, 0.05) is 18.8 Å². The number of carbonyl (C=O) groups excluding carboxylic acids is 1. The summed E-state index contributed by atoms with van der Waals surface area (Å²) in [4.78, 5) is 13.2. The number of hydrogen-bond donors (Lipinski definition) is 0. The highest BCUT2D eigenvalue weighted by atomic mass is 19.1. The van der Waals surface area contributed by atoms with E-state index in [1.807, 2.05) is 32.0 Å². The molecule has 86 valence electrons. The molecule has 0 fully saturated rings. The van der Waals surface area contributed by atoms with Crippen molar-refractivity contribution >= 4 is 11.6 Å². The van der Waals surface area contributed by atoms with Gasteiger partial charge in [-0.05, 0) is 37.1 Å². The summed E-state index contributed by atoms with van der Waals surface area (Å²) in [6.07, 6.45) is 2.46. The number of rotatable bonds is 3. The molecule has 0 aromatic heterocycles. The average molecular weight is 221 g/mol. The second-order valence-corrected chi connectivity index (χ2v) is 3.74. The largest absolute Gasteiger partial charge is 0.312 e. The zero-order valence-corrected chi connectivity index (χ0v) is 9.83. The third-order valence-corrected chi connectivity index (χ3v) is 2.41. The Morgan fingerprint density at radius 1 is 1.44 bits per heavy atom. The van der Waals surface area contributed by atoms with Crippen molar-refractivity contribution in [3.63, 3.8) is 0 Å². The zero-order chi connectivity index (χ0) is 12.1. The number of alkyl halides is 1. The SMILES string of the molecule is Cc1ccc(C)c(N(C)C(=O)/C=C/CF)c1. The summed E-state index contributed by atoms with van der Waals surface area (Å²) < 4.78 is 11.9. The summed E-state index contributed by atoms with van der Waals surface area (Å²) in [6.45, 7) is 3.29. The molecule has 1 aromatic carbocycles. The van der Waals surface area contributed by atoms with E-state index in [4.69, 9.17) is 0 Å². The van der Waals surface area contributed by atoms with E-state index in [-0.39, 0.29) is 5.91 Å². The molecule has 3 heteroatoms. The van der Waals surface area contributed by atoms with Crippen LogP contribution in [0.4, 0.5) is 10.1 Å². The maximum Gasteiger partial charge on any atom is 0.250 e. The van der Waals surface area contributed by atoms with Gasteiger partial charge in [0.05, 0.1) is 0 Å². The lowest BCUT2D eigenvalue weighted by Gasteiger charge is -2.18. The first-order valence-electron chi connectivity index (χ1n) is 5.13. The number of hydrogen-bond acceptors (Lipinski definition) is 1. The third kappa shape index (κ3) is 2.92. The van der Waals surface area contributed by atoms with E-state index in [9.17, 15) is 9.18 Å². The molecule has 1 aromatic rings. The lowest BCUT2D eigenvalue weighted by atomic mass is 10.1. The predicted octanol–water partition coefficient (Wildman–Crippen LogP) is 2.79. The van der Waals surface area contributed by atoms with Gasteiger partial charge in [0.25, 0.3) is 0 Å². The predicted molar refractivity (Wildman–Crippen MR) is 64.4 cm³/mol. The molecule has 0 aliphatic rings. The smallest absolute Gasteiger partial charge is 0.250 e. The van der Waals surface area contributed by atoms with Crippen LogP contribution in [0.25, 0.3) is 0 Å². The molecule has 0 radical (unpaired) electrons. The van der Waals surface area contributed by atoms with E-state index in [1.165, 1.54) is 17.1 Å². The Balaban J connectivity index is 2.95. The van der Waals surface area contributed by atoms with E-state index in [1.54, 1.807) is 7.05 Å². The lowest BCUT2D eigenvalue weighted by molar-refractivity contribution is -0.113. The quantitative estimate of drug-likeness (QED) is 0.719. The van der Waals surface area contributed by atoms with Gasteiger partial charge in [0.1, 0.15) is 6.67 Å². The second kappa shape index (κ2) is 5.45. The molecular formula is C13H16FNO. The topological polar surface area (TPSA) is 20.3 Å². The Morgan fingerprint density at radius 2 is 2.12 bits per heavy atom. The van der Waals surface area contributed by atoms with Gasteiger partial charge in [-0.15, -0.1) is 0 Å². The molecule has 0 aliphatic carbocycles. The van der Waals surface area contributed by atoms with Gasteiger partial charge in [-0.3, -0.25) is 4.79 Å². The molecule has 0 spiro atoms. The third-order valence-electron chi connectivity index (χ3n) is 2.41. The fraction of sp³-hybridized carbons (Fsp3) is 0.308. The van der Waals surface area contributed by atoms with Crippen LogP contribution in [-0.2, 0) is 4.79 Å². The standard InChI is InChI=1S/C13H16FNO/c1-10-6-7-11(2)12(9-10)15(3)13(16)5-4-8-14/h4-7,9H,8H2,1-3H3/b5-4+. The monoisotopic (exact) mass is 221 g/mol. The number of aryl methyl sites for hydroxylation is 2. The van der Waals surface area contributed by atoms with Crippen molar-refractivity contribution in [2.75, 3.05) is 18.6 Å². The minimum absolute atomic E-state index is 0.216. The average Bonchev–Trinajstić information content (AvgIpc) is 2.28. The number of carbonyl (C=O) groups is 1. The maximum atomic E-state index is 11.9. The summed E-state index contributed by atoms with van der Waals surface area (Å²) in [5, 5.41) is 0. The molecule has 0 bridgehead atoms. The number of allylic oxidation sites excluding steroid dienone is 1. The summed E-state index contributed by atoms with van der Waals surface area (Å²) in [6, 6.07) is 5.90. The van der Waals surface area contributed by atoms with Crippen LogP contribution in [0.3, 0.4) is 0 Å². The minimum atomic E-state index is -0.619. The van der Waals surface area contributed by atoms with Crippen LogP contribution in [-0.4, -0.2) is 19.6 Å². The number of nitrogens with zero attached hydrogens (tertiary/aromatic N) is 1. The van der Waals surface area contributed by atoms with Crippen molar-refractivity contribution in [1.29, 1.82) is 0 Å². The highest BCUT2D eigenvalue weighted by molar-refractivity contribution is 6.01. The van der Waals surface area contributed by atoms with Gasteiger partial charge in [-0.1, -0.05) is 12.1 Å². The van der Waals surface area contributed by atoms with Crippen LogP contribution >= 0.6 is 0 Å². The van der Waals surface area contributed by atoms with E-state index < -0.39 is 6.67 Å². The number of benzene rings is 1. The van der Waals surface area contributed by atoms with Crippen LogP contribution < -0.4 is 4.90 Å². The Morgan fingerprint density at radius 3 is 2.75 bits per heavy atom. The van der Waals surface area contributed by atoms with Crippen molar-refractivity contribution in [2.45, 2.75) is 13.8 Å². The van der Waals surface area contributed by atoms with Crippen molar-refractivity contribution in [1.82, 2.24) is 0 Å². The fourth-order valence-electron chi connectivity index (χ4n) is 1.46. The number of anilines is 1. The highest BCUT2D eigenvalue weighted by Crippen LogP contribution is 2.20. The van der Waals surface area contributed by atoms with E-state index in [2.05, 4.69) is 0 Å². The van der Waals surface area contributed by atoms with Gasteiger partial charge in [-0.25, -0.2) is 4.39 Å². The molecule has 0 aliphatic heterocycles. The second-order valence-electron chi connectivity index (χ2n) is 3.74. The van der Waals surface area contributed by atoms with Gasteiger partial charge >= 0.3 is 0 Å². The molecule has 1 amide bonds. The van der Waals surface area contributed by atoms with Crippen LogP contribution in [0.15, 0.2) is 30.4 Å². The molecule has 0 heterocycles. The lowest BCUT2D eigenvalue weighted by Crippen LogP contribution is -2.24. The first-order chi connectivity index (χ1) is 7.56. The molecule has 1 rings (SSSR count). The Kier molecular flexibility index (Phi) is 4.23. The normalized spacial score (nSPS) is 10.8. The van der Waals surface area contributed by atoms with Crippen LogP contribution in [0.1, 0.15) is 11.1 Å². The molecule has 0 saturated heterocycles. The Labute approximate surface area is 95.4 Å². The maximum absolute atomic E-state index is 11.9. The Bertz CT molecular complexity index is 412. The van der Waals surface area contributed by atoms with Crippen molar-refractivity contribution in [3.8, 4) is 0 Å². The summed E-state index contributed by atoms with van der Waals surface area (Å²) in [7, 11) is 1.69. The molecule has 16 heavy (non-hydrogen) atoms. The number of halogens is 1. The van der Waals surface area contributed by atoms with Crippen LogP contribution in [0.5, 0.6) is 0 Å². The summed E-state index contributed by atoms with van der Waals surface area (Å²) in [5.41, 5.74) is 2.97. The van der Waals surface area contributed by atoms with E-state index in [0.717, 1.165) is 16.8 Å². The van der Waals surface area contributed by atoms with Gasteiger partial charge < -0.3 is 4.90 Å². The van der Waals surface area contributed by atoms with Crippen molar-refractivity contribution < 1.29 is 9.18 Å². The van der Waals surface area contributed by atoms with Gasteiger partial charge in [0.2, 0.25) is 5.91 Å². The number of amides is 1. The molecule has 0 unspecified atom stereocenters. The van der Waals surface area contributed by atoms with E-state index in [0.29, 0.717) is 0 Å². The molecule has 0 saturated carbocycles. The molecule has 2 nitrogen and oxygen atoms in total. The van der Waals surface area contributed by atoms with E-state index >= 15 is 0 Å². The van der Waals surface area contributed by atoms with Crippen LogP contribution in [0.2, 0.25) is 0 Å². The highest BCUT2D eigenvalue weighted by Gasteiger charge is 2.09. The summed E-state index contributed by atoms with van der Waals surface area (Å²) in [5.74, 6) is -0.216. The zero-order valence-electron chi connectivity index (χ0n) is 9.83. The van der Waals surface area contributed by atoms with Crippen LogP contribution in [0, 0.1) is 13.8 Å². The molecule has 0 N–H and O–H groups in total. The minimum Gasteiger partial charge on any atom is -0.312 e. The van der Waals surface area contributed by atoms with Gasteiger partial charge in [-0.2, -0.15) is 0 Å². The Hall–Kier alpha value is -1.64. The summed E-state index contributed by atoms with van der Waals surface area (Å²) >= 11 is 0. The molecular weight excluding hydrogens is 205 g/mol. The van der Waals surface area contributed by atoms with Crippen molar-refractivity contribution in [2.24, 2.45) is 0 Å². The van der Waals surface area contributed by atoms with Crippen molar-refractivity contribution in [3.05, 3.63) is 41.5 Å². The molecule has 0 atom stereocenters.